The SMILES string of the molecule is CCCCNC(=O)/C(C#N)=C\NC(=O)C1CCNCC1. The number of hydrogen-bond acceptors (Lipinski definition) is 4. The van der Waals surface area contributed by atoms with E-state index >= 15 is 0 Å². The van der Waals surface area contributed by atoms with E-state index in [2.05, 4.69) is 16.0 Å². The van der Waals surface area contributed by atoms with Crippen molar-refractivity contribution in [2.24, 2.45) is 5.92 Å². The zero-order valence-corrected chi connectivity index (χ0v) is 11.9. The zero-order valence-electron chi connectivity index (χ0n) is 11.9. The molecule has 6 heteroatoms. The Hall–Kier alpha value is -1.87. The summed E-state index contributed by atoms with van der Waals surface area (Å²) in [6.45, 7) is 4.21. The van der Waals surface area contributed by atoms with Crippen LogP contribution in [0, 0.1) is 17.2 Å². The largest absolute Gasteiger partial charge is 0.351 e. The fraction of sp³-hybridized carbons (Fsp3) is 0.643. The van der Waals surface area contributed by atoms with Crippen molar-refractivity contribution in [2.45, 2.75) is 32.6 Å². The second-order valence-corrected chi connectivity index (χ2v) is 4.81. The van der Waals surface area contributed by atoms with Crippen LogP contribution in [0.2, 0.25) is 0 Å². The first-order chi connectivity index (χ1) is 9.69. The molecule has 1 aliphatic heterocycles. The monoisotopic (exact) mass is 278 g/mol. The number of piperidine rings is 1. The summed E-state index contributed by atoms with van der Waals surface area (Å²) in [6.07, 6.45) is 4.62. The predicted molar refractivity (Wildman–Crippen MR) is 75.4 cm³/mol. The first kappa shape index (κ1) is 16.2. The van der Waals surface area contributed by atoms with Crippen molar-refractivity contribution in [1.82, 2.24) is 16.0 Å². The summed E-state index contributed by atoms with van der Waals surface area (Å²) in [5, 5.41) is 17.3. The third kappa shape index (κ3) is 5.41. The molecule has 1 fully saturated rings. The molecule has 1 saturated heterocycles. The Kier molecular flexibility index (Phi) is 7.36. The van der Waals surface area contributed by atoms with Crippen LogP contribution in [0.3, 0.4) is 0 Å². The van der Waals surface area contributed by atoms with Gasteiger partial charge in [-0.05, 0) is 32.4 Å². The minimum atomic E-state index is -0.438. The molecule has 1 heterocycles. The van der Waals surface area contributed by atoms with E-state index < -0.39 is 5.91 Å². The number of unbranched alkanes of at least 4 members (excludes halogenated alkanes) is 1. The molecule has 6 nitrogen and oxygen atoms in total. The summed E-state index contributed by atoms with van der Waals surface area (Å²) < 4.78 is 0. The van der Waals surface area contributed by atoms with Gasteiger partial charge in [-0.25, -0.2) is 0 Å². The van der Waals surface area contributed by atoms with Crippen LogP contribution < -0.4 is 16.0 Å². The first-order valence-corrected chi connectivity index (χ1v) is 7.08. The van der Waals surface area contributed by atoms with Crippen molar-refractivity contribution in [3.63, 3.8) is 0 Å². The molecule has 3 N–H and O–H groups in total. The Morgan fingerprint density at radius 2 is 2.10 bits per heavy atom. The normalized spacial score (nSPS) is 16.3. The summed E-state index contributed by atoms with van der Waals surface area (Å²) in [6, 6.07) is 1.81. The standard InChI is InChI=1S/C14H22N4O2/c1-2-3-6-17-14(20)12(9-15)10-18-13(19)11-4-7-16-8-5-11/h10-11,16H,2-8H2,1H3,(H,17,20)(H,18,19)/b12-10-. The maximum absolute atomic E-state index is 11.9. The molecule has 0 spiro atoms. The van der Waals surface area contributed by atoms with Crippen LogP contribution in [-0.2, 0) is 9.59 Å². The molecule has 0 aromatic heterocycles. The highest BCUT2D eigenvalue weighted by Gasteiger charge is 2.20. The van der Waals surface area contributed by atoms with Gasteiger partial charge in [0.25, 0.3) is 5.91 Å². The number of amides is 2. The Balaban J connectivity index is 2.45. The summed E-state index contributed by atoms with van der Waals surface area (Å²) in [7, 11) is 0. The Bertz CT molecular complexity index is 406. The molecule has 1 aliphatic rings. The lowest BCUT2D eigenvalue weighted by Crippen LogP contribution is -2.37. The number of nitriles is 1. The minimum Gasteiger partial charge on any atom is -0.351 e. The fourth-order valence-corrected chi connectivity index (χ4v) is 1.97. The molecule has 0 bridgehead atoms. The number of nitrogens with zero attached hydrogens (tertiary/aromatic N) is 1. The second kappa shape index (κ2) is 9.10. The van der Waals surface area contributed by atoms with Crippen molar-refractivity contribution in [1.29, 1.82) is 5.26 Å². The first-order valence-electron chi connectivity index (χ1n) is 7.08. The summed E-state index contributed by atoms with van der Waals surface area (Å²) in [5.41, 5.74) is -0.0663. The lowest BCUT2D eigenvalue weighted by atomic mass is 9.97. The van der Waals surface area contributed by atoms with Gasteiger partial charge in [0.1, 0.15) is 11.6 Å². The molecule has 1 rings (SSSR count). The van der Waals surface area contributed by atoms with E-state index in [0.717, 1.165) is 38.8 Å². The molecule has 0 aliphatic carbocycles. The van der Waals surface area contributed by atoms with Crippen LogP contribution in [0.1, 0.15) is 32.6 Å². The van der Waals surface area contributed by atoms with Gasteiger partial charge >= 0.3 is 0 Å². The fourth-order valence-electron chi connectivity index (χ4n) is 1.97. The molecule has 0 unspecified atom stereocenters. The lowest BCUT2D eigenvalue weighted by Gasteiger charge is -2.20. The average molecular weight is 278 g/mol. The van der Waals surface area contributed by atoms with Gasteiger partial charge in [-0.3, -0.25) is 9.59 Å². The molecule has 0 atom stereocenters. The van der Waals surface area contributed by atoms with Gasteiger partial charge in [-0.2, -0.15) is 5.26 Å². The van der Waals surface area contributed by atoms with E-state index in [9.17, 15) is 9.59 Å². The van der Waals surface area contributed by atoms with Crippen molar-refractivity contribution in [3.8, 4) is 6.07 Å². The number of rotatable bonds is 6. The second-order valence-electron chi connectivity index (χ2n) is 4.81. The van der Waals surface area contributed by atoms with Gasteiger partial charge in [-0.1, -0.05) is 13.3 Å². The van der Waals surface area contributed by atoms with Gasteiger partial charge in [0.15, 0.2) is 0 Å². The molecule has 2 amide bonds. The van der Waals surface area contributed by atoms with Crippen LogP contribution in [0.5, 0.6) is 0 Å². The van der Waals surface area contributed by atoms with E-state index in [1.165, 1.54) is 6.20 Å². The summed E-state index contributed by atoms with van der Waals surface area (Å²) >= 11 is 0. The predicted octanol–water partition coefficient (Wildman–Crippen LogP) is 0.426. The molecule has 110 valence electrons. The topological polar surface area (TPSA) is 94.0 Å². The smallest absolute Gasteiger partial charge is 0.263 e. The minimum absolute atomic E-state index is 0.0457. The van der Waals surface area contributed by atoms with Gasteiger partial charge in [0, 0.05) is 18.7 Å². The Morgan fingerprint density at radius 3 is 2.70 bits per heavy atom. The van der Waals surface area contributed by atoms with Crippen molar-refractivity contribution < 1.29 is 9.59 Å². The Morgan fingerprint density at radius 1 is 1.40 bits per heavy atom. The number of nitrogens with one attached hydrogen (secondary N) is 3. The molecule has 0 saturated carbocycles. The number of carbonyl (C=O) groups is 2. The van der Waals surface area contributed by atoms with Crippen molar-refractivity contribution in [3.05, 3.63) is 11.8 Å². The molecule has 0 aromatic carbocycles. The third-order valence-corrected chi connectivity index (χ3v) is 3.25. The highest BCUT2D eigenvalue weighted by Crippen LogP contribution is 2.11. The van der Waals surface area contributed by atoms with E-state index in [1.54, 1.807) is 0 Å². The Labute approximate surface area is 119 Å². The van der Waals surface area contributed by atoms with E-state index in [1.807, 2.05) is 13.0 Å². The van der Waals surface area contributed by atoms with Gasteiger partial charge < -0.3 is 16.0 Å². The third-order valence-electron chi connectivity index (χ3n) is 3.25. The number of hydrogen-bond donors (Lipinski definition) is 3. The van der Waals surface area contributed by atoms with Crippen LogP contribution in [0.15, 0.2) is 11.8 Å². The van der Waals surface area contributed by atoms with E-state index in [-0.39, 0.29) is 17.4 Å². The molecule has 0 aromatic rings. The highest BCUT2D eigenvalue weighted by molar-refractivity contribution is 5.97. The molecule has 20 heavy (non-hydrogen) atoms. The highest BCUT2D eigenvalue weighted by atomic mass is 16.2. The van der Waals surface area contributed by atoms with Crippen LogP contribution in [-0.4, -0.2) is 31.4 Å². The molecular weight excluding hydrogens is 256 g/mol. The van der Waals surface area contributed by atoms with Crippen LogP contribution in [0.25, 0.3) is 0 Å². The van der Waals surface area contributed by atoms with Gasteiger partial charge in [-0.15, -0.1) is 0 Å². The lowest BCUT2D eigenvalue weighted by molar-refractivity contribution is -0.124. The van der Waals surface area contributed by atoms with Crippen LogP contribution in [0.4, 0.5) is 0 Å². The molecular formula is C14H22N4O2. The van der Waals surface area contributed by atoms with Crippen molar-refractivity contribution in [2.75, 3.05) is 19.6 Å². The van der Waals surface area contributed by atoms with E-state index in [0.29, 0.717) is 6.54 Å². The van der Waals surface area contributed by atoms with Crippen LogP contribution >= 0.6 is 0 Å². The number of carbonyl (C=O) groups excluding carboxylic acids is 2. The quantitative estimate of drug-likeness (QED) is 0.373. The maximum Gasteiger partial charge on any atom is 0.263 e. The molecule has 0 radical (unpaired) electrons. The average Bonchev–Trinajstić information content (AvgIpc) is 2.49. The van der Waals surface area contributed by atoms with Gasteiger partial charge in [0.05, 0.1) is 0 Å². The summed E-state index contributed by atoms with van der Waals surface area (Å²) in [4.78, 5) is 23.6. The maximum atomic E-state index is 11.9. The summed E-state index contributed by atoms with van der Waals surface area (Å²) in [5.74, 6) is -0.609. The van der Waals surface area contributed by atoms with Crippen molar-refractivity contribution >= 4 is 11.8 Å². The van der Waals surface area contributed by atoms with E-state index in [4.69, 9.17) is 5.26 Å². The zero-order chi connectivity index (χ0) is 14.8. The van der Waals surface area contributed by atoms with Gasteiger partial charge in [0.2, 0.25) is 5.91 Å².